The smallest absolute Gasteiger partial charge is 0.308 e. The van der Waals surface area contributed by atoms with Crippen LogP contribution in [0.5, 0.6) is 0 Å². The predicted molar refractivity (Wildman–Crippen MR) is 68.6 cm³/mol. The van der Waals surface area contributed by atoms with Crippen LogP contribution in [0.1, 0.15) is 36.3 Å². The molecule has 0 amide bonds. The maximum absolute atomic E-state index is 11.4. The summed E-state index contributed by atoms with van der Waals surface area (Å²) in [5.41, 5.74) is 1.95. The Balaban J connectivity index is 1.71. The van der Waals surface area contributed by atoms with Crippen molar-refractivity contribution in [2.24, 2.45) is 17.8 Å². The van der Waals surface area contributed by atoms with E-state index in [4.69, 9.17) is 4.52 Å². The maximum Gasteiger partial charge on any atom is 0.308 e. The van der Waals surface area contributed by atoms with Gasteiger partial charge in [0.25, 0.3) is 0 Å². The van der Waals surface area contributed by atoms with Gasteiger partial charge in [0.1, 0.15) is 5.76 Å². The molecule has 0 aliphatic heterocycles. The van der Waals surface area contributed by atoms with Crippen molar-refractivity contribution in [1.29, 1.82) is 0 Å². The standard InChI is InChI=1S/C14H20N2O3/c1-7-11(8(2)19-16-7)6-15-13-10-4-3-9(5-10)12(13)14(17)18/h9-10,12-13,15H,3-6H2,1-2H3,(H,17,18). The quantitative estimate of drug-likeness (QED) is 0.868. The lowest BCUT2D eigenvalue weighted by molar-refractivity contribution is -0.144. The van der Waals surface area contributed by atoms with E-state index >= 15 is 0 Å². The second kappa shape index (κ2) is 4.63. The number of aryl methyl sites for hydroxylation is 2. The van der Waals surface area contributed by atoms with Gasteiger partial charge in [0, 0.05) is 18.2 Å². The molecule has 0 spiro atoms. The zero-order valence-corrected chi connectivity index (χ0v) is 11.3. The third kappa shape index (κ3) is 2.06. The highest BCUT2D eigenvalue weighted by Crippen LogP contribution is 2.48. The topological polar surface area (TPSA) is 75.4 Å². The summed E-state index contributed by atoms with van der Waals surface area (Å²) in [6.45, 7) is 4.47. The summed E-state index contributed by atoms with van der Waals surface area (Å²) in [6, 6.07) is 0.102. The van der Waals surface area contributed by atoms with Crippen LogP contribution < -0.4 is 5.32 Å². The van der Waals surface area contributed by atoms with E-state index in [1.54, 1.807) is 0 Å². The minimum Gasteiger partial charge on any atom is -0.481 e. The van der Waals surface area contributed by atoms with Gasteiger partial charge < -0.3 is 14.9 Å². The molecule has 2 aliphatic carbocycles. The van der Waals surface area contributed by atoms with Gasteiger partial charge >= 0.3 is 5.97 Å². The summed E-state index contributed by atoms with van der Waals surface area (Å²) in [7, 11) is 0. The Bertz CT molecular complexity index is 477. The average molecular weight is 264 g/mol. The summed E-state index contributed by atoms with van der Waals surface area (Å²) >= 11 is 0. The molecule has 4 unspecified atom stereocenters. The summed E-state index contributed by atoms with van der Waals surface area (Å²) < 4.78 is 5.14. The number of aliphatic carboxylic acids is 1. The van der Waals surface area contributed by atoms with E-state index in [9.17, 15) is 9.90 Å². The SMILES string of the molecule is Cc1noc(C)c1CNC1C2CCC(C2)C1C(=O)O. The monoisotopic (exact) mass is 264 g/mol. The van der Waals surface area contributed by atoms with Crippen LogP contribution in [0.4, 0.5) is 0 Å². The van der Waals surface area contributed by atoms with Crippen LogP contribution >= 0.6 is 0 Å². The summed E-state index contributed by atoms with van der Waals surface area (Å²) in [4.78, 5) is 11.4. The highest BCUT2D eigenvalue weighted by atomic mass is 16.5. The van der Waals surface area contributed by atoms with Gasteiger partial charge in [-0.1, -0.05) is 5.16 Å². The number of hydrogen-bond acceptors (Lipinski definition) is 4. The van der Waals surface area contributed by atoms with E-state index < -0.39 is 5.97 Å². The first kappa shape index (κ1) is 12.7. The molecule has 0 radical (unpaired) electrons. The number of rotatable bonds is 4. The molecule has 4 atom stereocenters. The van der Waals surface area contributed by atoms with Crippen molar-refractivity contribution in [3.05, 3.63) is 17.0 Å². The van der Waals surface area contributed by atoms with Gasteiger partial charge in [-0.15, -0.1) is 0 Å². The van der Waals surface area contributed by atoms with Crippen LogP contribution in [-0.4, -0.2) is 22.3 Å². The summed E-state index contributed by atoms with van der Waals surface area (Å²) in [5.74, 6) is 0.832. The first-order valence-electron chi connectivity index (χ1n) is 6.96. The van der Waals surface area contributed by atoms with Gasteiger partial charge in [-0.05, 0) is 44.9 Å². The fourth-order valence-corrected chi connectivity index (χ4v) is 3.91. The lowest BCUT2D eigenvalue weighted by Gasteiger charge is -2.29. The van der Waals surface area contributed by atoms with Crippen molar-refractivity contribution in [2.45, 2.75) is 45.7 Å². The number of fused-ring (bicyclic) bond motifs is 2. The van der Waals surface area contributed by atoms with Crippen LogP contribution in [0, 0.1) is 31.6 Å². The molecule has 5 heteroatoms. The highest BCUT2D eigenvalue weighted by molar-refractivity contribution is 5.72. The molecule has 2 saturated carbocycles. The number of hydrogen-bond donors (Lipinski definition) is 2. The zero-order chi connectivity index (χ0) is 13.6. The fourth-order valence-electron chi connectivity index (χ4n) is 3.91. The molecule has 0 saturated heterocycles. The van der Waals surface area contributed by atoms with Crippen molar-refractivity contribution in [2.75, 3.05) is 0 Å². The summed E-state index contributed by atoms with van der Waals surface area (Å²) in [5, 5.41) is 16.8. The van der Waals surface area contributed by atoms with Crippen LogP contribution in [0.2, 0.25) is 0 Å². The minimum atomic E-state index is -0.650. The molecule has 2 bridgehead atoms. The Morgan fingerprint density at radius 2 is 2.16 bits per heavy atom. The van der Waals surface area contributed by atoms with Crippen molar-refractivity contribution < 1.29 is 14.4 Å². The van der Waals surface area contributed by atoms with Gasteiger partial charge in [-0.3, -0.25) is 4.79 Å². The van der Waals surface area contributed by atoms with E-state index in [1.807, 2.05) is 13.8 Å². The molecule has 3 rings (SSSR count). The van der Waals surface area contributed by atoms with Crippen molar-refractivity contribution >= 4 is 5.97 Å². The lowest BCUT2D eigenvalue weighted by atomic mass is 9.84. The molecule has 0 aromatic carbocycles. The Morgan fingerprint density at radius 1 is 1.42 bits per heavy atom. The third-order valence-electron chi connectivity index (χ3n) is 4.90. The molecule has 2 N–H and O–H groups in total. The van der Waals surface area contributed by atoms with Gasteiger partial charge in [0.05, 0.1) is 11.6 Å². The van der Waals surface area contributed by atoms with Crippen LogP contribution in [-0.2, 0) is 11.3 Å². The number of nitrogens with zero attached hydrogens (tertiary/aromatic N) is 1. The second-order valence-electron chi connectivity index (χ2n) is 5.91. The molecule has 1 aromatic rings. The molecule has 1 aromatic heterocycles. The van der Waals surface area contributed by atoms with E-state index in [0.29, 0.717) is 18.4 Å². The highest BCUT2D eigenvalue weighted by Gasteiger charge is 2.50. The predicted octanol–water partition coefficient (Wildman–Crippen LogP) is 1.88. The first-order valence-corrected chi connectivity index (χ1v) is 6.96. The number of nitrogens with one attached hydrogen (secondary N) is 1. The Kier molecular flexibility index (Phi) is 3.09. The first-order chi connectivity index (χ1) is 9.08. The van der Waals surface area contributed by atoms with Crippen LogP contribution in [0.3, 0.4) is 0 Å². The molecule has 1 heterocycles. The van der Waals surface area contributed by atoms with Gasteiger partial charge in [0.2, 0.25) is 0 Å². The van der Waals surface area contributed by atoms with E-state index in [-0.39, 0.29) is 12.0 Å². The van der Waals surface area contributed by atoms with Gasteiger partial charge in [-0.2, -0.15) is 0 Å². The second-order valence-corrected chi connectivity index (χ2v) is 5.91. The molecule has 5 nitrogen and oxygen atoms in total. The molecule has 2 fully saturated rings. The normalized spacial score (nSPS) is 32.9. The third-order valence-corrected chi connectivity index (χ3v) is 4.90. The molecule has 104 valence electrons. The number of carboxylic acids is 1. The number of aromatic nitrogens is 1. The number of carboxylic acid groups (broad SMARTS) is 1. The van der Waals surface area contributed by atoms with E-state index in [1.165, 1.54) is 0 Å². The minimum absolute atomic E-state index is 0.102. The van der Waals surface area contributed by atoms with Crippen LogP contribution in [0.25, 0.3) is 0 Å². The van der Waals surface area contributed by atoms with Gasteiger partial charge in [0.15, 0.2) is 0 Å². The fraction of sp³-hybridized carbons (Fsp3) is 0.714. The van der Waals surface area contributed by atoms with Crippen molar-refractivity contribution in [3.63, 3.8) is 0 Å². The Labute approximate surface area is 112 Å². The largest absolute Gasteiger partial charge is 0.481 e. The Morgan fingerprint density at radius 3 is 2.79 bits per heavy atom. The summed E-state index contributed by atoms with van der Waals surface area (Å²) in [6.07, 6.45) is 3.30. The maximum atomic E-state index is 11.4. The molecule has 19 heavy (non-hydrogen) atoms. The lowest BCUT2D eigenvalue weighted by Crippen LogP contribution is -2.43. The zero-order valence-electron chi connectivity index (χ0n) is 11.3. The van der Waals surface area contributed by atoms with Crippen molar-refractivity contribution in [3.8, 4) is 0 Å². The van der Waals surface area contributed by atoms with Crippen molar-refractivity contribution in [1.82, 2.24) is 10.5 Å². The average Bonchev–Trinajstić information content (AvgIpc) is 3.03. The molecular weight excluding hydrogens is 244 g/mol. The van der Waals surface area contributed by atoms with Crippen LogP contribution in [0.15, 0.2) is 4.52 Å². The van der Waals surface area contributed by atoms with E-state index in [2.05, 4.69) is 10.5 Å². The molecule has 2 aliphatic rings. The number of carbonyl (C=O) groups is 1. The van der Waals surface area contributed by atoms with Gasteiger partial charge in [-0.25, -0.2) is 0 Å². The van der Waals surface area contributed by atoms with E-state index in [0.717, 1.165) is 36.3 Å². The Hall–Kier alpha value is -1.36. The molecular formula is C14H20N2O3.